The summed E-state index contributed by atoms with van der Waals surface area (Å²) in [6.07, 6.45) is 6.18. The maximum Gasteiger partial charge on any atom is 0.0476 e. The van der Waals surface area contributed by atoms with Gasteiger partial charge in [-0.05, 0) is 49.1 Å². The summed E-state index contributed by atoms with van der Waals surface area (Å²) in [4.78, 5) is 6.49. The molecule has 0 N–H and O–H groups in total. The van der Waals surface area contributed by atoms with Crippen molar-refractivity contribution in [2.24, 2.45) is 0 Å². The lowest BCUT2D eigenvalue weighted by Gasteiger charge is -2.30. The molecule has 2 aromatic rings. The first-order valence-electron chi connectivity index (χ1n) is 6.51. The van der Waals surface area contributed by atoms with Crippen molar-refractivity contribution in [3.8, 4) is 11.1 Å². The molecule has 1 aliphatic heterocycles. The predicted molar refractivity (Wildman–Crippen MR) is 76.0 cm³/mol. The van der Waals surface area contributed by atoms with Gasteiger partial charge in [0.15, 0.2) is 0 Å². The Bertz CT molecular complexity index is 561. The number of fused-ring (bicyclic) bond motifs is 1. The molecule has 0 amide bonds. The zero-order valence-electron chi connectivity index (χ0n) is 11.0. The summed E-state index contributed by atoms with van der Waals surface area (Å²) in [5, 5.41) is 0. The Morgan fingerprint density at radius 1 is 1.17 bits per heavy atom. The Morgan fingerprint density at radius 2 is 1.94 bits per heavy atom. The fraction of sp³-hybridized carbons (Fsp3) is 0.312. The van der Waals surface area contributed by atoms with E-state index < -0.39 is 0 Å². The van der Waals surface area contributed by atoms with Gasteiger partial charge >= 0.3 is 0 Å². The van der Waals surface area contributed by atoms with Gasteiger partial charge in [0.2, 0.25) is 0 Å². The van der Waals surface area contributed by atoms with Crippen LogP contribution in [0.5, 0.6) is 0 Å². The number of hydrogen-bond acceptors (Lipinski definition) is 2. The summed E-state index contributed by atoms with van der Waals surface area (Å²) >= 11 is 0. The molecule has 1 aromatic heterocycles. The van der Waals surface area contributed by atoms with E-state index in [1.54, 1.807) is 0 Å². The summed E-state index contributed by atoms with van der Waals surface area (Å²) in [6.45, 7) is 3.33. The van der Waals surface area contributed by atoms with Gasteiger partial charge < -0.3 is 4.90 Å². The van der Waals surface area contributed by atoms with Gasteiger partial charge in [-0.3, -0.25) is 4.98 Å². The van der Waals surface area contributed by atoms with Crippen molar-refractivity contribution in [2.45, 2.75) is 19.8 Å². The van der Waals surface area contributed by atoms with Crippen LogP contribution in [0.3, 0.4) is 0 Å². The van der Waals surface area contributed by atoms with Crippen LogP contribution >= 0.6 is 0 Å². The molecular formula is C16H18N2. The van der Waals surface area contributed by atoms with Gasteiger partial charge in [0.05, 0.1) is 0 Å². The lowest BCUT2D eigenvalue weighted by atomic mass is 9.92. The summed E-state index contributed by atoms with van der Waals surface area (Å²) in [5.41, 5.74) is 6.83. The molecule has 1 aromatic carbocycles. The standard InChI is InChI=1S/C16H18N2/c1-12-10-14-4-3-9-18(2)16(14)15(11-12)13-5-7-17-8-6-13/h5-8,10-11H,3-4,9H2,1-2H3. The molecule has 0 aliphatic carbocycles. The van der Waals surface area contributed by atoms with Crippen LogP contribution in [0.4, 0.5) is 5.69 Å². The summed E-state index contributed by atoms with van der Waals surface area (Å²) in [6, 6.07) is 8.81. The average Bonchev–Trinajstić information content (AvgIpc) is 2.39. The van der Waals surface area contributed by atoms with Gasteiger partial charge in [-0.1, -0.05) is 11.6 Å². The van der Waals surface area contributed by atoms with E-state index >= 15 is 0 Å². The second kappa shape index (κ2) is 4.45. The van der Waals surface area contributed by atoms with Crippen molar-refractivity contribution in [3.63, 3.8) is 0 Å². The lowest BCUT2D eigenvalue weighted by Crippen LogP contribution is -2.25. The topological polar surface area (TPSA) is 16.1 Å². The van der Waals surface area contributed by atoms with Crippen LogP contribution in [-0.4, -0.2) is 18.6 Å². The zero-order chi connectivity index (χ0) is 12.5. The van der Waals surface area contributed by atoms with E-state index in [0.717, 1.165) is 6.54 Å². The average molecular weight is 238 g/mol. The molecule has 0 unspecified atom stereocenters. The molecule has 0 fully saturated rings. The van der Waals surface area contributed by atoms with Crippen LogP contribution in [0.2, 0.25) is 0 Å². The first-order chi connectivity index (χ1) is 8.75. The lowest BCUT2D eigenvalue weighted by molar-refractivity contribution is 0.744. The molecule has 0 radical (unpaired) electrons. The molecule has 2 nitrogen and oxygen atoms in total. The van der Waals surface area contributed by atoms with E-state index in [1.165, 1.54) is 40.8 Å². The van der Waals surface area contributed by atoms with Crippen LogP contribution in [-0.2, 0) is 6.42 Å². The van der Waals surface area contributed by atoms with Gasteiger partial charge in [-0.25, -0.2) is 0 Å². The van der Waals surface area contributed by atoms with Gasteiger partial charge in [-0.2, -0.15) is 0 Å². The fourth-order valence-corrected chi connectivity index (χ4v) is 2.87. The van der Waals surface area contributed by atoms with Gasteiger partial charge in [-0.15, -0.1) is 0 Å². The van der Waals surface area contributed by atoms with E-state index in [9.17, 15) is 0 Å². The van der Waals surface area contributed by atoms with Crippen molar-refractivity contribution < 1.29 is 0 Å². The molecule has 0 atom stereocenters. The fourth-order valence-electron chi connectivity index (χ4n) is 2.87. The minimum absolute atomic E-state index is 1.15. The minimum Gasteiger partial charge on any atom is -0.374 e. The van der Waals surface area contributed by atoms with E-state index in [1.807, 2.05) is 12.4 Å². The van der Waals surface area contributed by atoms with Crippen LogP contribution < -0.4 is 4.90 Å². The first-order valence-corrected chi connectivity index (χ1v) is 6.51. The number of hydrogen-bond donors (Lipinski definition) is 0. The maximum absolute atomic E-state index is 4.11. The van der Waals surface area contributed by atoms with Gasteiger partial charge in [0.1, 0.15) is 0 Å². The molecule has 1 aliphatic rings. The number of benzene rings is 1. The highest BCUT2D eigenvalue weighted by Crippen LogP contribution is 2.37. The molecule has 0 bridgehead atoms. The van der Waals surface area contributed by atoms with Crippen molar-refractivity contribution >= 4 is 5.69 Å². The van der Waals surface area contributed by atoms with Crippen LogP contribution in [0.25, 0.3) is 11.1 Å². The van der Waals surface area contributed by atoms with Crippen molar-refractivity contribution in [2.75, 3.05) is 18.5 Å². The van der Waals surface area contributed by atoms with E-state index in [-0.39, 0.29) is 0 Å². The number of pyridine rings is 1. The molecule has 92 valence electrons. The highest BCUT2D eigenvalue weighted by Gasteiger charge is 2.18. The largest absolute Gasteiger partial charge is 0.374 e. The molecule has 2 heterocycles. The van der Waals surface area contributed by atoms with E-state index in [0.29, 0.717) is 0 Å². The molecule has 0 spiro atoms. The van der Waals surface area contributed by atoms with Crippen molar-refractivity contribution in [1.82, 2.24) is 4.98 Å². The highest BCUT2D eigenvalue weighted by atomic mass is 15.1. The summed E-state index contributed by atoms with van der Waals surface area (Å²) in [7, 11) is 2.19. The number of anilines is 1. The molecular weight excluding hydrogens is 220 g/mol. The second-order valence-corrected chi connectivity index (χ2v) is 5.08. The normalized spacial score (nSPS) is 14.4. The second-order valence-electron chi connectivity index (χ2n) is 5.08. The monoisotopic (exact) mass is 238 g/mol. The smallest absolute Gasteiger partial charge is 0.0476 e. The summed E-state index contributed by atoms with van der Waals surface area (Å²) in [5.74, 6) is 0. The maximum atomic E-state index is 4.11. The number of rotatable bonds is 1. The Hall–Kier alpha value is -1.83. The molecule has 2 heteroatoms. The SMILES string of the molecule is Cc1cc2c(c(-c3ccncc3)c1)N(C)CCC2. The molecule has 0 saturated heterocycles. The number of aromatic nitrogens is 1. The third-order valence-corrected chi connectivity index (χ3v) is 3.65. The van der Waals surface area contributed by atoms with Crippen LogP contribution in [0.15, 0.2) is 36.7 Å². The van der Waals surface area contributed by atoms with E-state index in [2.05, 4.69) is 48.1 Å². The first kappa shape index (κ1) is 11.3. The molecule has 18 heavy (non-hydrogen) atoms. The Labute approximate surface area is 108 Å². The van der Waals surface area contributed by atoms with Crippen molar-refractivity contribution in [1.29, 1.82) is 0 Å². The van der Waals surface area contributed by atoms with Crippen LogP contribution in [0.1, 0.15) is 17.5 Å². The molecule has 3 rings (SSSR count). The Balaban J connectivity index is 2.23. The zero-order valence-corrected chi connectivity index (χ0v) is 11.0. The summed E-state index contributed by atoms with van der Waals surface area (Å²) < 4.78 is 0. The van der Waals surface area contributed by atoms with Gasteiger partial charge in [0, 0.05) is 37.2 Å². The Morgan fingerprint density at radius 3 is 2.72 bits per heavy atom. The minimum atomic E-state index is 1.15. The Kier molecular flexibility index (Phi) is 2.78. The third-order valence-electron chi connectivity index (χ3n) is 3.65. The van der Waals surface area contributed by atoms with Crippen molar-refractivity contribution in [3.05, 3.63) is 47.8 Å². The predicted octanol–water partition coefficient (Wildman–Crippen LogP) is 3.44. The van der Waals surface area contributed by atoms with Gasteiger partial charge in [0.25, 0.3) is 0 Å². The number of aryl methyl sites for hydroxylation is 2. The number of nitrogens with zero attached hydrogens (tertiary/aromatic N) is 2. The van der Waals surface area contributed by atoms with Crippen LogP contribution in [0, 0.1) is 6.92 Å². The molecule has 0 saturated carbocycles. The van der Waals surface area contributed by atoms with E-state index in [4.69, 9.17) is 0 Å². The quantitative estimate of drug-likeness (QED) is 0.756. The highest BCUT2D eigenvalue weighted by molar-refractivity contribution is 5.82. The third kappa shape index (κ3) is 1.88.